The van der Waals surface area contributed by atoms with E-state index in [1.807, 2.05) is 11.8 Å². The lowest BCUT2D eigenvalue weighted by Gasteiger charge is -2.24. The van der Waals surface area contributed by atoms with Gasteiger partial charge in [0.15, 0.2) is 0 Å². The van der Waals surface area contributed by atoms with Gasteiger partial charge in [-0.05, 0) is 43.3 Å². The summed E-state index contributed by atoms with van der Waals surface area (Å²) in [5, 5.41) is 10.0. The molecule has 0 aliphatic carbocycles. The fourth-order valence-electron chi connectivity index (χ4n) is 2.23. The molecular formula is C14H20FNOS. The van der Waals surface area contributed by atoms with Crippen molar-refractivity contribution in [3.8, 4) is 0 Å². The Labute approximate surface area is 112 Å². The Morgan fingerprint density at radius 3 is 2.78 bits per heavy atom. The summed E-state index contributed by atoms with van der Waals surface area (Å²) in [5.41, 5.74) is 0.797. The average Bonchev–Trinajstić information content (AvgIpc) is 2.90. The van der Waals surface area contributed by atoms with E-state index in [0.717, 1.165) is 12.1 Å². The zero-order chi connectivity index (χ0) is 13.0. The Bertz CT molecular complexity index is 365. The maximum atomic E-state index is 12.8. The first kappa shape index (κ1) is 13.8. The molecule has 4 heteroatoms. The van der Waals surface area contributed by atoms with Gasteiger partial charge in [0, 0.05) is 18.3 Å². The van der Waals surface area contributed by atoms with E-state index in [0.29, 0.717) is 12.5 Å². The van der Waals surface area contributed by atoms with Crippen molar-refractivity contribution < 1.29 is 9.50 Å². The highest BCUT2D eigenvalue weighted by molar-refractivity contribution is 7.99. The predicted molar refractivity (Wildman–Crippen MR) is 74.3 cm³/mol. The van der Waals surface area contributed by atoms with E-state index < -0.39 is 6.10 Å². The lowest BCUT2D eigenvalue weighted by molar-refractivity contribution is 0.140. The maximum absolute atomic E-state index is 12.8. The molecule has 0 bridgehead atoms. The van der Waals surface area contributed by atoms with Gasteiger partial charge < -0.3 is 10.0 Å². The van der Waals surface area contributed by atoms with E-state index in [9.17, 15) is 9.50 Å². The van der Waals surface area contributed by atoms with Crippen LogP contribution >= 0.6 is 11.8 Å². The van der Waals surface area contributed by atoms with Gasteiger partial charge in [-0.1, -0.05) is 12.1 Å². The Morgan fingerprint density at radius 1 is 1.44 bits per heavy atom. The molecule has 1 heterocycles. The minimum Gasteiger partial charge on any atom is -0.388 e. The minimum atomic E-state index is -0.498. The first-order valence-corrected chi connectivity index (χ1v) is 7.54. The van der Waals surface area contributed by atoms with Gasteiger partial charge in [-0.15, -0.1) is 0 Å². The fourth-order valence-corrected chi connectivity index (χ4v) is 3.53. The van der Waals surface area contributed by atoms with Crippen LogP contribution in [0.5, 0.6) is 0 Å². The van der Waals surface area contributed by atoms with E-state index in [2.05, 4.69) is 11.9 Å². The Balaban J connectivity index is 1.80. The number of aliphatic hydroxyl groups is 1. The number of nitrogens with zero attached hydrogens (tertiary/aromatic N) is 1. The van der Waals surface area contributed by atoms with Gasteiger partial charge in [0.2, 0.25) is 0 Å². The third kappa shape index (κ3) is 3.70. The molecule has 0 saturated carbocycles. The molecule has 0 amide bonds. The molecule has 1 fully saturated rings. The SMILES string of the molecule is CN(CCC(O)c1ccc(F)cc1)C1CCSC1. The summed E-state index contributed by atoms with van der Waals surface area (Å²) >= 11 is 2.00. The van der Waals surface area contributed by atoms with Crippen molar-refractivity contribution >= 4 is 11.8 Å². The molecule has 1 aliphatic rings. The van der Waals surface area contributed by atoms with E-state index in [-0.39, 0.29) is 5.82 Å². The summed E-state index contributed by atoms with van der Waals surface area (Å²) in [4.78, 5) is 2.33. The molecule has 1 aromatic rings. The summed E-state index contributed by atoms with van der Waals surface area (Å²) in [6, 6.07) is 6.76. The van der Waals surface area contributed by atoms with Crippen LogP contribution in [-0.2, 0) is 0 Å². The standard InChI is InChI=1S/C14H20FNOS/c1-16(13-7-9-18-10-13)8-6-14(17)11-2-4-12(15)5-3-11/h2-5,13-14,17H,6-10H2,1H3. The molecule has 2 rings (SSSR count). The third-order valence-electron chi connectivity index (χ3n) is 3.54. The summed E-state index contributed by atoms with van der Waals surface area (Å²) in [6.45, 7) is 0.879. The van der Waals surface area contributed by atoms with Crippen LogP contribution in [0.15, 0.2) is 24.3 Å². The van der Waals surface area contributed by atoms with Crippen LogP contribution in [-0.4, -0.2) is 41.1 Å². The zero-order valence-electron chi connectivity index (χ0n) is 10.7. The minimum absolute atomic E-state index is 0.258. The van der Waals surface area contributed by atoms with Gasteiger partial charge in [0.1, 0.15) is 5.82 Å². The molecule has 1 N–H and O–H groups in total. The summed E-state index contributed by atoms with van der Waals surface area (Å²) in [5.74, 6) is 2.18. The number of halogens is 1. The lowest BCUT2D eigenvalue weighted by atomic mass is 10.1. The van der Waals surface area contributed by atoms with Crippen molar-refractivity contribution in [2.24, 2.45) is 0 Å². The van der Waals surface area contributed by atoms with Crippen LogP contribution in [0.25, 0.3) is 0 Å². The molecule has 2 nitrogen and oxygen atoms in total. The first-order valence-electron chi connectivity index (χ1n) is 6.38. The summed E-state index contributed by atoms with van der Waals surface area (Å²) < 4.78 is 12.8. The molecule has 0 spiro atoms. The Morgan fingerprint density at radius 2 is 2.17 bits per heavy atom. The van der Waals surface area contributed by atoms with Gasteiger partial charge in [-0.3, -0.25) is 0 Å². The van der Waals surface area contributed by atoms with Crippen molar-refractivity contribution in [3.05, 3.63) is 35.6 Å². The molecule has 0 radical (unpaired) electrons. The molecule has 1 aromatic carbocycles. The lowest BCUT2D eigenvalue weighted by Crippen LogP contribution is -2.32. The average molecular weight is 269 g/mol. The fraction of sp³-hybridized carbons (Fsp3) is 0.571. The van der Waals surface area contributed by atoms with Gasteiger partial charge in [0.05, 0.1) is 6.10 Å². The number of hydrogen-bond donors (Lipinski definition) is 1. The normalized spacial score (nSPS) is 21.4. The number of benzene rings is 1. The van der Waals surface area contributed by atoms with E-state index in [1.54, 1.807) is 12.1 Å². The summed E-state index contributed by atoms with van der Waals surface area (Å²) in [6.07, 6.45) is 1.44. The molecule has 100 valence electrons. The predicted octanol–water partition coefficient (Wildman–Crippen LogP) is 2.69. The second-order valence-electron chi connectivity index (χ2n) is 4.85. The largest absolute Gasteiger partial charge is 0.388 e. The van der Waals surface area contributed by atoms with Crippen molar-refractivity contribution in [2.45, 2.75) is 25.0 Å². The Hall–Kier alpha value is -0.580. The number of aliphatic hydroxyl groups excluding tert-OH is 1. The van der Waals surface area contributed by atoms with E-state index >= 15 is 0 Å². The molecule has 0 aromatic heterocycles. The third-order valence-corrected chi connectivity index (χ3v) is 4.68. The van der Waals surface area contributed by atoms with Crippen LogP contribution in [0, 0.1) is 5.82 Å². The Kier molecular flexibility index (Phi) is 5.03. The molecule has 1 saturated heterocycles. The molecule has 1 aliphatic heterocycles. The highest BCUT2D eigenvalue weighted by Crippen LogP contribution is 2.23. The first-order chi connectivity index (χ1) is 8.66. The second-order valence-corrected chi connectivity index (χ2v) is 6.00. The molecule has 2 atom stereocenters. The zero-order valence-corrected chi connectivity index (χ0v) is 11.5. The molecular weight excluding hydrogens is 249 g/mol. The van der Waals surface area contributed by atoms with Crippen LogP contribution in [0.2, 0.25) is 0 Å². The van der Waals surface area contributed by atoms with E-state index in [4.69, 9.17) is 0 Å². The maximum Gasteiger partial charge on any atom is 0.123 e. The topological polar surface area (TPSA) is 23.5 Å². The van der Waals surface area contributed by atoms with E-state index in [1.165, 1.54) is 30.1 Å². The van der Waals surface area contributed by atoms with Crippen LogP contribution < -0.4 is 0 Å². The van der Waals surface area contributed by atoms with Crippen molar-refractivity contribution in [1.82, 2.24) is 4.90 Å². The smallest absolute Gasteiger partial charge is 0.123 e. The van der Waals surface area contributed by atoms with Crippen molar-refractivity contribution in [2.75, 3.05) is 25.1 Å². The number of thioether (sulfide) groups is 1. The quantitative estimate of drug-likeness (QED) is 0.889. The van der Waals surface area contributed by atoms with Crippen LogP contribution in [0.1, 0.15) is 24.5 Å². The van der Waals surface area contributed by atoms with Gasteiger partial charge in [0.25, 0.3) is 0 Å². The molecule has 18 heavy (non-hydrogen) atoms. The van der Waals surface area contributed by atoms with Gasteiger partial charge in [-0.25, -0.2) is 4.39 Å². The highest BCUT2D eigenvalue weighted by atomic mass is 32.2. The number of rotatable bonds is 5. The van der Waals surface area contributed by atoms with Crippen LogP contribution in [0.4, 0.5) is 4.39 Å². The van der Waals surface area contributed by atoms with Gasteiger partial charge in [-0.2, -0.15) is 11.8 Å². The summed E-state index contributed by atoms with van der Waals surface area (Å²) in [7, 11) is 2.12. The van der Waals surface area contributed by atoms with Crippen molar-refractivity contribution in [1.29, 1.82) is 0 Å². The van der Waals surface area contributed by atoms with Crippen molar-refractivity contribution in [3.63, 3.8) is 0 Å². The highest BCUT2D eigenvalue weighted by Gasteiger charge is 2.20. The van der Waals surface area contributed by atoms with Crippen LogP contribution in [0.3, 0.4) is 0 Å². The monoisotopic (exact) mass is 269 g/mol. The van der Waals surface area contributed by atoms with Gasteiger partial charge >= 0.3 is 0 Å². The molecule has 2 unspecified atom stereocenters. The number of hydrogen-bond acceptors (Lipinski definition) is 3. The second kappa shape index (κ2) is 6.55.